The Kier molecular flexibility index (Phi) is 4.40. The molecule has 2 heterocycles. The van der Waals surface area contributed by atoms with E-state index in [1.807, 2.05) is 12.4 Å². The Balaban J connectivity index is 2.10. The molecule has 0 aromatic carbocycles. The SMILES string of the molecule is COc1ncc(CN2CCCCC2(C)C(C)C)cn1. The molecule has 0 saturated carbocycles. The number of piperidine rings is 1. The third-order valence-corrected chi connectivity index (χ3v) is 4.56. The van der Waals surface area contributed by atoms with Gasteiger partial charge in [-0.1, -0.05) is 20.3 Å². The predicted molar refractivity (Wildman–Crippen MR) is 76.1 cm³/mol. The fourth-order valence-electron chi connectivity index (χ4n) is 2.86. The van der Waals surface area contributed by atoms with Gasteiger partial charge >= 0.3 is 6.01 Å². The lowest BCUT2D eigenvalue weighted by atomic mass is 9.79. The summed E-state index contributed by atoms with van der Waals surface area (Å²) < 4.78 is 5.00. The van der Waals surface area contributed by atoms with Crippen molar-refractivity contribution in [1.29, 1.82) is 0 Å². The maximum Gasteiger partial charge on any atom is 0.316 e. The summed E-state index contributed by atoms with van der Waals surface area (Å²) in [7, 11) is 1.59. The summed E-state index contributed by atoms with van der Waals surface area (Å²) in [4.78, 5) is 11.0. The minimum Gasteiger partial charge on any atom is -0.467 e. The molecule has 0 aliphatic carbocycles. The topological polar surface area (TPSA) is 38.2 Å². The molecule has 1 aromatic rings. The highest BCUT2D eigenvalue weighted by Gasteiger charge is 2.36. The number of rotatable bonds is 4. The Labute approximate surface area is 116 Å². The first-order chi connectivity index (χ1) is 9.06. The predicted octanol–water partition coefficient (Wildman–Crippen LogP) is 2.89. The first kappa shape index (κ1) is 14.3. The summed E-state index contributed by atoms with van der Waals surface area (Å²) >= 11 is 0. The molecule has 2 rings (SSSR count). The summed E-state index contributed by atoms with van der Waals surface area (Å²) in [6.07, 6.45) is 7.66. The molecule has 0 spiro atoms. The molecule has 106 valence electrons. The van der Waals surface area contributed by atoms with Gasteiger partial charge in [0.1, 0.15) is 0 Å². The normalized spacial score (nSPS) is 24.7. The van der Waals surface area contributed by atoms with Gasteiger partial charge < -0.3 is 4.74 Å². The Morgan fingerprint density at radius 3 is 2.58 bits per heavy atom. The van der Waals surface area contributed by atoms with Crippen LogP contribution in [0.2, 0.25) is 0 Å². The highest BCUT2D eigenvalue weighted by atomic mass is 16.5. The Morgan fingerprint density at radius 2 is 2.00 bits per heavy atom. The molecule has 4 nitrogen and oxygen atoms in total. The van der Waals surface area contributed by atoms with Gasteiger partial charge in [-0.25, -0.2) is 9.97 Å². The van der Waals surface area contributed by atoms with Gasteiger partial charge in [-0.2, -0.15) is 0 Å². The third-order valence-electron chi connectivity index (χ3n) is 4.56. The van der Waals surface area contributed by atoms with Crippen LogP contribution in [-0.4, -0.2) is 34.1 Å². The second-order valence-electron chi connectivity index (χ2n) is 5.97. The van der Waals surface area contributed by atoms with Crippen LogP contribution in [0.4, 0.5) is 0 Å². The van der Waals surface area contributed by atoms with Gasteiger partial charge in [0.25, 0.3) is 0 Å². The molecule has 1 aliphatic heterocycles. The highest BCUT2D eigenvalue weighted by molar-refractivity contribution is 5.09. The summed E-state index contributed by atoms with van der Waals surface area (Å²) in [5.41, 5.74) is 1.45. The standard InChI is InChI=1S/C15H25N3O/c1-12(2)15(3)7-5-6-8-18(15)11-13-9-16-14(19-4)17-10-13/h9-10,12H,5-8,11H2,1-4H3. The lowest BCUT2D eigenvalue weighted by Crippen LogP contribution is -2.52. The van der Waals surface area contributed by atoms with Gasteiger partial charge in [0.05, 0.1) is 7.11 Å². The van der Waals surface area contributed by atoms with Gasteiger partial charge in [-0.3, -0.25) is 4.90 Å². The van der Waals surface area contributed by atoms with Crippen LogP contribution in [0.1, 0.15) is 45.6 Å². The smallest absolute Gasteiger partial charge is 0.316 e. The lowest BCUT2D eigenvalue weighted by molar-refractivity contribution is 0.0162. The number of nitrogens with zero attached hydrogens (tertiary/aromatic N) is 3. The number of hydrogen-bond acceptors (Lipinski definition) is 4. The van der Waals surface area contributed by atoms with Gasteiger partial charge in [-0.05, 0) is 32.2 Å². The molecule has 19 heavy (non-hydrogen) atoms. The zero-order chi connectivity index (χ0) is 13.9. The molecular formula is C15H25N3O. The van der Waals surface area contributed by atoms with Crippen LogP contribution in [0.15, 0.2) is 12.4 Å². The van der Waals surface area contributed by atoms with Crippen molar-refractivity contribution in [1.82, 2.24) is 14.9 Å². The summed E-state index contributed by atoms with van der Waals surface area (Å²) in [6, 6.07) is 0.439. The van der Waals surface area contributed by atoms with E-state index in [1.165, 1.54) is 25.8 Å². The quantitative estimate of drug-likeness (QED) is 0.837. The van der Waals surface area contributed by atoms with Crippen LogP contribution in [0.25, 0.3) is 0 Å². The maximum atomic E-state index is 5.00. The van der Waals surface area contributed by atoms with Gasteiger partial charge in [-0.15, -0.1) is 0 Å². The Bertz CT molecular complexity index is 404. The minimum absolute atomic E-state index is 0.290. The fraction of sp³-hybridized carbons (Fsp3) is 0.733. The molecule has 1 aromatic heterocycles. The van der Waals surface area contributed by atoms with E-state index in [0.717, 1.165) is 12.1 Å². The number of likely N-dealkylation sites (tertiary alicyclic amines) is 1. The van der Waals surface area contributed by atoms with Crippen LogP contribution < -0.4 is 4.74 Å². The van der Waals surface area contributed by atoms with E-state index in [-0.39, 0.29) is 5.54 Å². The molecule has 1 atom stereocenters. The monoisotopic (exact) mass is 263 g/mol. The van der Waals surface area contributed by atoms with E-state index in [0.29, 0.717) is 11.9 Å². The Morgan fingerprint density at radius 1 is 1.32 bits per heavy atom. The van der Waals surface area contributed by atoms with Crippen molar-refractivity contribution in [2.75, 3.05) is 13.7 Å². The molecule has 0 radical (unpaired) electrons. The van der Waals surface area contributed by atoms with Crippen molar-refractivity contribution in [3.8, 4) is 6.01 Å². The van der Waals surface area contributed by atoms with Crippen molar-refractivity contribution >= 4 is 0 Å². The van der Waals surface area contributed by atoms with E-state index in [9.17, 15) is 0 Å². The van der Waals surface area contributed by atoms with Crippen LogP contribution in [-0.2, 0) is 6.54 Å². The lowest BCUT2D eigenvalue weighted by Gasteiger charge is -2.48. The second kappa shape index (κ2) is 5.87. The molecule has 0 N–H and O–H groups in total. The second-order valence-corrected chi connectivity index (χ2v) is 5.97. The average Bonchev–Trinajstić information content (AvgIpc) is 2.42. The van der Waals surface area contributed by atoms with E-state index in [4.69, 9.17) is 4.74 Å². The van der Waals surface area contributed by atoms with Crippen LogP contribution in [0, 0.1) is 5.92 Å². The van der Waals surface area contributed by atoms with Crippen molar-refractivity contribution in [3.63, 3.8) is 0 Å². The average molecular weight is 263 g/mol. The first-order valence-electron chi connectivity index (χ1n) is 7.16. The van der Waals surface area contributed by atoms with E-state index in [1.54, 1.807) is 7.11 Å². The van der Waals surface area contributed by atoms with E-state index < -0.39 is 0 Å². The zero-order valence-corrected chi connectivity index (χ0v) is 12.5. The van der Waals surface area contributed by atoms with Crippen LogP contribution in [0.3, 0.4) is 0 Å². The van der Waals surface area contributed by atoms with Gasteiger partial charge in [0, 0.05) is 30.0 Å². The molecule has 1 unspecified atom stereocenters. The summed E-state index contributed by atoms with van der Waals surface area (Å²) in [6.45, 7) is 9.13. The molecular weight excluding hydrogens is 238 g/mol. The highest BCUT2D eigenvalue weighted by Crippen LogP contribution is 2.35. The van der Waals surface area contributed by atoms with Crippen molar-refractivity contribution in [3.05, 3.63) is 18.0 Å². The molecule has 0 bridgehead atoms. The third kappa shape index (κ3) is 3.06. The van der Waals surface area contributed by atoms with Crippen molar-refractivity contribution in [2.24, 2.45) is 5.92 Å². The molecule has 4 heteroatoms. The number of hydrogen-bond donors (Lipinski definition) is 0. The largest absolute Gasteiger partial charge is 0.467 e. The zero-order valence-electron chi connectivity index (χ0n) is 12.5. The first-order valence-corrected chi connectivity index (χ1v) is 7.16. The van der Waals surface area contributed by atoms with Crippen LogP contribution in [0.5, 0.6) is 6.01 Å². The molecule has 1 fully saturated rings. The van der Waals surface area contributed by atoms with Crippen LogP contribution >= 0.6 is 0 Å². The number of aromatic nitrogens is 2. The minimum atomic E-state index is 0.290. The maximum absolute atomic E-state index is 5.00. The number of methoxy groups -OCH3 is 1. The summed E-state index contributed by atoms with van der Waals surface area (Å²) in [5, 5.41) is 0. The van der Waals surface area contributed by atoms with Gasteiger partial charge in [0.15, 0.2) is 0 Å². The van der Waals surface area contributed by atoms with E-state index >= 15 is 0 Å². The molecule has 0 amide bonds. The van der Waals surface area contributed by atoms with Crippen molar-refractivity contribution < 1.29 is 4.74 Å². The molecule has 1 aliphatic rings. The number of ether oxygens (including phenoxy) is 1. The molecule has 1 saturated heterocycles. The Hall–Kier alpha value is -1.16. The van der Waals surface area contributed by atoms with Crippen molar-refractivity contribution in [2.45, 2.75) is 52.1 Å². The summed E-state index contributed by atoms with van der Waals surface area (Å²) in [5.74, 6) is 0.659. The van der Waals surface area contributed by atoms with E-state index in [2.05, 4.69) is 35.6 Å². The fourth-order valence-corrected chi connectivity index (χ4v) is 2.86. The van der Waals surface area contributed by atoms with Gasteiger partial charge in [0.2, 0.25) is 0 Å².